The highest BCUT2D eigenvalue weighted by atomic mass is 32.2. The minimum absolute atomic E-state index is 0.0548. The Balaban J connectivity index is 2.80. The topological polar surface area (TPSA) is 108 Å². The first-order valence-corrected chi connectivity index (χ1v) is 4.63. The van der Waals surface area contributed by atoms with Gasteiger partial charge in [0.2, 0.25) is 5.96 Å². The van der Waals surface area contributed by atoms with Gasteiger partial charge in [-0.15, -0.1) is 0 Å². The predicted molar refractivity (Wildman–Crippen MR) is 48.7 cm³/mol. The van der Waals surface area contributed by atoms with Crippen LogP contribution in [0.15, 0.2) is 8.78 Å². The van der Waals surface area contributed by atoms with Crippen LogP contribution in [0.1, 0.15) is 11.5 Å². The number of rotatable bonds is 1. The van der Waals surface area contributed by atoms with E-state index in [4.69, 9.17) is 9.83 Å². The standard InChI is InChI=1S/C6H8N4O3S/c1-3-4(2)13-6(8-3)9-5(7)10-14(11)12/h1-2H3,(H2,7,8,9). The second-order valence-corrected chi connectivity index (χ2v) is 3.06. The molecule has 0 amide bonds. The minimum Gasteiger partial charge on any atom is -0.428 e. The Labute approximate surface area is 81.4 Å². The summed E-state index contributed by atoms with van der Waals surface area (Å²) in [6.07, 6.45) is 0. The van der Waals surface area contributed by atoms with Crippen LogP contribution in [0.4, 0.5) is 6.01 Å². The van der Waals surface area contributed by atoms with Gasteiger partial charge >= 0.3 is 16.5 Å². The fourth-order valence-corrected chi connectivity index (χ4v) is 0.920. The summed E-state index contributed by atoms with van der Waals surface area (Å²) in [7, 11) is -2.65. The molecule has 14 heavy (non-hydrogen) atoms. The summed E-state index contributed by atoms with van der Waals surface area (Å²) < 4.78 is 28.1. The largest absolute Gasteiger partial charge is 0.428 e. The van der Waals surface area contributed by atoms with E-state index in [1.54, 1.807) is 13.8 Å². The van der Waals surface area contributed by atoms with Crippen LogP contribution in [0.25, 0.3) is 0 Å². The summed E-state index contributed by atoms with van der Waals surface area (Å²) in [4.78, 5) is 3.88. The predicted octanol–water partition coefficient (Wildman–Crippen LogP) is 0.701. The summed E-state index contributed by atoms with van der Waals surface area (Å²) in [5, 5.41) is 9.35. The Hall–Kier alpha value is -1.70. The van der Waals surface area contributed by atoms with Gasteiger partial charge in [0.1, 0.15) is 5.76 Å². The zero-order valence-corrected chi connectivity index (χ0v) is 8.34. The van der Waals surface area contributed by atoms with Crippen molar-refractivity contribution in [1.29, 1.82) is 5.41 Å². The number of hydrogen-bond acceptors (Lipinski definition) is 5. The van der Waals surface area contributed by atoms with Gasteiger partial charge in [-0.05, 0) is 13.8 Å². The molecule has 0 unspecified atom stereocenters. The van der Waals surface area contributed by atoms with E-state index in [-0.39, 0.29) is 6.01 Å². The molecule has 1 heterocycles. The molecule has 0 aromatic carbocycles. The average molecular weight is 216 g/mol. The first-order valence-electron chi connectivity index (χ1n) is 3.59. The van der Waals surface area contributed by atoms with E-state index in [0.717, 1.165) is 0 Å². The lowest BCUT2D eigenvalue weighted by Gasteiger charge is -1.93. The molecular formula is C6H8N4O3S. The van der Waals surface area contributed by atoms with Crippen molar-refractivity contribution in [3.05, 3.63) is 11.5 Å². The summed E-state index contributed by atoms with van der Waals surface area (Å²) in [5.41, 5.74) is 0.670. The molecule has 0 aliphatic heterocycles. The smallest absolute Gasteiger partial charge is 0.319 e. The highest BCUT2D eigenvalue weighted by Crippen LogP contribution is 2.12. The third-order valence-electron chi connectivity index (χ3n) is 1.42. The Morgan fingerprint density at radius 1 is 1.57 bits per heavy atom. The van der Waals surface area contributed by atoms with Gasteiger partial charge in [-0.1, -0.05) is 4.36 Å². The van der Waals surface area contributed by atoms with Gasteiger partial charge in [-0.3, -0.25) is 10.7 Å². The van der Waals surface area contributed by atoms with Crippen molar-refractivity contribution in [1.82, 2.24) is 4.98 Å². The third kappa shape index (κ3) is 2.66. The lowest BCUT2D eigenvalue weighted by atomic mass is 10.4. The number of oxazole rings is 1. The maximum absolute atomic E-state index is 10.1. The molecular weight excluding hydrogens is 208 g/mol. The van der Waals surface area contributed by atoms with Crippen LogP contribution >= 0.6 is 0 Å². The van der Waals surface area contributed by atoms with Crippen LogP contribution in [-0.4, -0.2) is 19.4 Å². The van der Waals surface area contributed by atoms with Gasteiger partial charge in [-0.25, -0.2) is 0 Å². The van der Waals surface area contributed by atoms with Crippen molar-refractivity contribution in [2.75, 3.05) is 5.32 Å². The van der Waals surface area contributed by atoms with Crippen molar-refractivity contribution in [3.8, 4) is 0 Å². The number of anilines is 1. The second kappa shape index (κ2) is 4.01. The number of nitrogens with one attached hydrogen (secondary N) is 2. The molecule has 76 valence electrons. The van der Waals surface area contributed by atoms with Gasteiger partial charge in [0, 0.05) is 0 Å². The maximum Gasteiger partial charge on any atom is 0.319 e. The Morgan fingerprint density at radius 2 is 2.21 bits per heavy atom. The quantitative estimate of drug-likeness (QED) is 0.530. The van der Waals surface area contributed by atoms with Crippen molar-refractivity contribution < 1.29 is 12.8 Å². The van der Waals surface area contributed by atoms with Crippen LogP contribution in [0.2, 0.25) is 0 Å². The molecule has 1 aromatic heterocycles. The van der Waals surface area contributed by atoms with Gasteiger partial charge in [0.15, 0.2) is 0 Å². The van der Waals surface area contributed by atoms with Crippen LogP contribution in [0, 0.1) is 19.3 Å². The van der Waals surface area contributed by atoms with Gasteiger partial charge in [0.25, 0.3) is 0 Å². The highest BCUT2D eigenvalue weighted by Gasteiger charge is 2.06. The molecule has 0 saturated heterocycles. The fourth-order valence-electron chi connectivity index (χ4n) is 0.725. The molecule has 8 heteroatoms. The molecule has 0 aliphatic rings. The monoisotopic (exact) mass is 216 g/mol. The average Bonchev–Trinajstić information content (AvgIpc) is 2.28. The molecule has 7 nitrogen and oxygen atoms in total. The Kier molecular flexibility index (Phi) is 2.97. The molecule has 0 saturated carbocycles. The van der Waals surface area contributed by atoms with Crippen molar-refractivity contribution in [2.24, 2.45) is 4.36 Å². The fraction of sp³-hybridized carbons (Fsp3) is 0.333. The van der Waals surface area contributed by atoms with E-state index in [9.17, 15) is 8.42 Å². The molecule has 0 aliphatic carbocycles. The molecule has 0 fully saturated rings. The third-order valence-corrected chi connectivity index (χ3v) is 1.75. The normalized spacial score (nSPS) is 9.57. The summed E-state index contributed by atoms with van der Waals surface area (Å²) in [6.45, 7) is 3.44. The van der Waals surface area contributed by atoms with E-state index in [2.05, 4.69) is 14.7 Å². The number of nitrogens with zero attached hydrogens (tertiary/aromatic N) is 2. The zero-order valence-electron chi connectivity index (χ0n) is 7.53. The lowest BCUT2D eigenvalue weighted by molar-refractivity contribution is 0.544. The van der Waals surface area contributed by atoms with E-state index in [0.29, 0.717) is 11.5 Å². The SMILES string of the molecule is Cc1nc(NC(=N)N=S(=O)=O)oc1C. The molecule has 1 rings (SSSR count). The van der Waals surface area contributed by atoms with E-state index >= 15 is 0 Å². The molecule has 0 atom stereocenters. The van der Waals surface area contributed by atoms with Crippen LogP contribution < -0.4 is 5.32 Å². The molecule has 0 radical (unpaired) electrons. The summed E-state index contributed by atoms with van der Waals surface area (Å²) in [6, 6.07) is 0.0548. The number of hydrogen-bond donors (Lipinski definition) is 2. The van der Waals surface area contributed by atoms with Crippen molar-refractivity contribution in [3.63, 3.8) is 0 Å². The zero-order chi connectivity index (χ0) is 10.7. The Bertz CT molecular complexity index is 460. The van der Waals surface area contributed by atoms with Gasteiger partial charge < -0.3 is 4.42 Å². The molecule has 1 aromatic rings. The molecule has 2 N–H and O–H groups in total. The van der Waals surface area contributed by atoms with Crippen molar-refractivity contribution in [2.45, 2.75) is 13.8 Å². The Morgan fingerprint density at radius 3 is 2.64 bits per heavy atom. The molecule has 0 spiro atoms. The van der Waals surface area contributed by atoms with E-state index in [1.165, 1.54) is 0 Å². The highest BCUT2D eigenvalue weighted by molar-refractivity contribution is 7.62. The molecule has 0 bridgehead atoms. The lowest BCUT2D eigenvalue weighted by Crippen LogP contribution is -2.06. The van der Waals surface area contributed by atoms with Crippen LogP contribution in [-0.2, 0) is 10.5 Å². The first kappa shape index (κ1) is 10.4. The van der Waals surface area contributed by atoms with Crippen LogP contribution in [0.5, 0.6) is 0 Å². The van der Waals surface area contributed by atoms with Crippen LogP contribution in [0.3, 0.4) is 0 Å². The second-order valence-electron chi connectivity index (χ2n) is 2.44. The van der Waals surface area contributed by atoms with E-state index in [1.807, 2.05) is 0 Å². The van der Waals surface area contributed by atoms with Gasteiger partial charge in [-0.2, -0.15) is 13.4 Å². The summed E-state index contributed by atoms with van der Waals surface area (Å²) >= 11 is 0. The minimum atomic E-state index is -2.65. The first-order chi connectivity index (χ1) is 6.49. The van der Waals surface area contributed by atoms with Crippen molar-refractivity contribution >= 4 is 22.5 Å². The summed E-state index contributed by atoms with van der Waals surface area (Å²) in [5.74, 6) is 0.0585. The number of aromatic nitrogens is 1. The van der Waals surface area contributed by atoms with Gasteiger partial charge in [0.05, 0.1) is 5.69 Å². The maximum atomic E-state index is 10.1. The number of guanidine groups is 1. The van der Waals surface area contributed by atoms with E-state index < -0.39 is 16.5 Å². The number of aryl methyl sites for hydroxylation is 2.